The first-order chi connectivity index (χ1) is 5.31. The van der Waals surface area contributed by atoms with E-state index in [1.165, 1.54) is 0 Å². The molecular formula is C8H13N3. The highest BCUT2D eigenvalue weighted by atomic mass is 15.1. The van der Waals surface area contributed by atoms with Crippen LogP contribution in [-0.2, 0) is 13.0 Å². The lowest BCUT2D eigenvalue weighted by Gasteiger charge is -1.94. The predicted octanol–water partition coefficient (Wildman–Crippen LogP) is 1.00. The van der Waals surface area contributed by atoms with E-state index in [-0.39, 0.29) is 0 Å². The highest BCUT2D eigenvalue weighted by Gasteiger charge is 2.00. The number of nitrogens with zero attached hydrogens (tertiary/aromatic N) is 2. The molecule has 11 heavy (non-hydrogen) atoms. The van der Waals surface area contributed by atoms with E-state index in [0.717, 1.165) is 17.9 Å². The topological polar surface area (TPSA) is 43.8 Å². The minimum atomic E-state index is 0.494. The van der Waals surface area contributed by atoms with Crippen LogP contribution in [0.5, 0.6) is 0 Å². The first kappa shape index (κ1) is 8.01. The van der Waals surface area contributed by atoms with Crippen LogP contribution in [0.1, 0.15) is 18.4 Å². The van der Waals surface area contributed by atoms with Gasteiger partial charge in [0.1, 0.15) is 5.82 Å². The number of hydrogen-bond donors (Lipinski definition) is 1. The molecule has 60 valence electrons. The third-order valence-electron chi connectivity index (χ3n) is 1.58. The number of hydrogen-bond acceptors (Lipinski definition) is 2. The van der Waals surface area contributed by atoms with Gasteiger partial charge in [-0.1, -0.05) is 13.5 Å². The van der Waals surface area contributed by atoms with Gasteiger partial charge in [0.2, 0.25) is 0 Å². The Kier molecular flexibility index (Phi) is 2.44. The summed E-state index contributed by atoms with van der Waals surface area (Å²) in [6, 6.07) is 0. The van der Waals surface area contributed by atoms with Crippen molar-refractivity contribution in [3.8, 4) is 0 Å². The lowest BCUT2D eigenvalue weighted by molar-refractivity contribution is 0.913. The van der Waals surface area contributed by atoms with Gasteiger partial charge in [-0.2, -0.15) is 0 Å². The third kappa shape index (κ3) is 1.49. The highest BCUT2D eigenvalue weighted by molar-refractivity contribution is 5.22. The lowest BCUT2D eigenvalue weighted by atomic mass is 10.4. The normalized spacial score (nSPS) is 10.0. The maximum atomic E-state index is 5.43. The van der Waals surface area contributed by atoms with Gasteiger partial charge in [0, 0.05) is 25.4 Å². The lowest BCUT2D eigenvalue weighted by Crippen LogP contribution is -1.96. The van der Waals surface area contributed by atoms with E-state index >= 15 is 0 Å². The summed E-state index contributed by atoms with van der Waals surface area (Å²) in [4.78, 5) is 4.28. The molecule has 0 aliphatic heterocycles. The van der Waals surface area contributed by atoms with Gasteiger partial charge in [-0.25, -0.2) is 4.98 Å². The summed E-state index contributed by atoms with van der Waals surface area (Å²) in [7, 11) is 0. The highest BCUT2D eigenvalue weighted by Crippen LogP contribution is 2.03. The van der Waals surface area contributed by atoms with E-state index in [1.807, 2.05) is 10.8 Å². The number of imidazole rings is 1. The van der Waals surface area contributed by atoms with Crippen molar-refractivity contribution in [2.45, 2.75) is 19.9 Å². The molecule has 0 saturated heterocycles. The molecule has 0 aromatic carbocycles. The largest absolute Gasteiger partial charge is 0.325 e. The number of aromatic nitrogens is 2. The van der Waals surface area contributed by atoms with E-state index < -0.39 is 0 Å². The Hall–Kier alpha value is -1.09. The van der Waals surface area contributed by atoms with Crippen LogP contribution in [0.2, 0.25) is 0 Å². The van der Waals surface area contributed by atoms with Crippen molar-refractivity contribution in [1.29, 1.82) is 0 Å². The molecule has 0 unspecified atom stereocenters. The Morgan fingerprint density at radius 1 is 1.82 bits per heavy atom. The second kappa shape index (κ2) is 3.34. The van der Waals surface area contributed by atoms with E-state index in [1.54, 1.807) is 6.20 Å². The fraction of sp³-hybridized carbons (Fsp3) is 0.375. The van der Waals surface area contributed by atoms with E-state index in [2.05, 4.69) is 18.5 Å². The van der Waals surface area contributed by atoms with E-state index in [0.29, 0.717) is 6.54 Å². The van der Waals surface area contributed by atoms with Gasteiger partial charge >= 0.3 is 0 Å². The standard InChI is InChI=1S/C8H13N3/c1-3-8-10-7(5-9)6-11(8)4-2/h4,6H,2-3,5,9H2,1H3. The molecule has 0 bridgehead atoms. The molecule has 0 atom stereocenters. The van der Waals surface area contributed by atoms with Crippen molar-refractivity contribution in [2.24, 2.45) is 5.73 Å². The maximum absolute atomic E-state index is 5.43. The third-order valence-corrected chi connectivity index (χ3v) is 1.58. The number of nitrogens with two attached hydrogens (primary N) is 1. The van der Waals surface area contributed by atoms with Crippen LogP contribution in [-0.4, -0.2) is 9.55 Å². The quantitative estimate of drug-likeness (QED) is 0.700. The number of rotatable bonds is 3. The summed E-state index contributed by atoms with van der Waals surface area (Å²) < 4.78 is 1.90. The Bertz CT molecular complexity index is 250. The van der Waals surface area contributed by atoms with Crippen LogP contribution < -0.4 is 5.73 Å². The van der Waals surface area contributed by atoms with E-state index in [9.17, 15) is 0 Å². The molecule has 0 aliphatic rings. The minimum Gasteiger partial charge on any atom is -0.325 e. The van der Waals surface area contributed by atoms with E-state index in [4.69, 9.17) is 5.73 Å². The van der Waals surface area contributed by atoms with Gasteiger partial charge in [-0.15, -0.1) is 0 Å². The van der Waals surface area contributed by atoms with Crippen molar-refractivity contribution >= 4 is 6.20 Å². The summed E-state index contributed by atoms with van der Waals surface area (Å²) in [6.07, 6.45) is 4.56. The summed E-state index contributed by atoms with van der Waals surface area (Å²) >= 11 is 0. The van der Waals surface area contributed by atoms with Crippen molar-refractivity contribution in [1.82, 2.24) is 9.55 Å². The zero-order chi connectivity index (χ0) is 8.27. The summed E-state index contributed by atoms with van der Waals surface area (Å²) in [5.74, 6) is 1.01. The summed E-state index contributed by atoms with van der Waals surface area (Å²) in [5.41, 5.74) is 6.35. The van der Waals surface area contributed by atoms with Crippen LogP contribution in [0, 0.1) is 0 Å². The van der Waals surface area contributed by atoms with Crippen LogP contribution in [0.3, 0.4) is 0 Å². The molecule has 0 saturated carbocycles. The molecule has 3 heteroatoms. The Morgan fingerprint density at radius 2 is 2.55 bits per heavy atom. The van der Waals surface area contributed by atoms with Gasteiger partial charge in [-0.3, -0.25) is 0 Å². The molecule has 1 heterocycles. The van der Waals surface area contributed by atoms with Crippen molar-refractivity contribution in [2.75, 3.05) is 0 Å². The monoisotopic (exact) mass is 151 g/mol. The summed E-state index contributed by atoms with van der Waals surface area (Å²) in [6.45, 7) is 6.22. The summed E-state index contributed by atoms with van der Waals surface area (Å²) in [5, 5.41) is 0. The molecule has 3 nitrogen and oxygen atoms in total. The molecule has 0 spiro atoms. The zero-order valence-electron chi connectivity index (χ0n) is 6.75. The maximum Gasteiger partial charge on any atom is 0.112 e. The van der Waals surface area contributed by atoms with Gasteiger partial charge in [0.05, 0.1) is 5.69 Å². The van der Waals surface area contributed by atoms with Gasteiger partial charge in [0.25, 0.3) is 0 Å². The Morgan fingerprint density at radius 3 is 2.91 bits per heavy atom. The van der Waals surface area contributed by atoms with Gasteiger partial charge in [-0.05, 0) is 0 Å². The first-order valence-electron chi connectivity index (χ1n) is 3.71. The van der Waals surface area contributed by atoms with Crippen LogP contribution in [0.4, 0.5) is 0 Å². The minimum absolute atomic E-state index is 0.494. The van der Waals surface area contributed by atoms with Crippen LogP contribution in [0.25, 0.3) is 6.20 Å². The van der Waals surface area contributed by atoms with Crippen LogP contribution >= 0.6 is 0 Å². The molecule has 0 radical (unpaired) electrons. The Labute approximate surface area is 66.5 Å². The number of aryl methyl sites for hydroxylation is 1. The molecule has 0 amide bonds. The average Bonchev–Trinajstić information content (AvgIpc) is 2.46. The van der Waals surface area contributed by atoms with Crippen molar-refractivity contribution in [3.63, 3.8) is 0 Å². The van der Waals surface area contributed by atoms with Gasteiger partial charge in [0.15, 0.2) is 0 Å². The zero-order valence-corrected chi connectivity index (χ0v) is 6.75. The Balaban J connectivity index is 3.01. The molecule has 0 fully saturated rings. The molecule has 0 aliphatic carbocycles. The molecule has 1 aromatic heterocycles. The molecular weight excluding hydrogens is 138 g/mol. The first-order valence-corrected chi connectivity index (χ1v) is 3.71. The predicted molar refractivity (Wildman–Crippen MR) is 45.9 cm³/mol. The molecule has 1 rings (SSSR count). The second-order valence-corrected chi connectivity index (χ2v) is 2.30. The van der Waals surface area contributed by atoms with Crippen molar-refractivity contribution < 1.29 is 0 Å². The van der Waals surface area contributed by atoms with Gasteiger partial charge < -0.3 is 10.3 Å². The van der Waals surface area contributed by atoms with Crippen molar-refractivity contribution in [3.05, 3.63) is 24.3 Å². The SMILES string of the molecule is C=Cn1cc(CN)nc1CC. The average molecular weight is 151 g/mol. The smallest absolute Gasteiger partial charge is 0.112 e. The molecule has 2 N–H and O–H groups in total. The fourth-order valence-electron chi connectivity index (χ4n) is 1.01. The fourth-order valence-corrected chi connectivity index (χ4v) is 1.01. The second-order valence-electron chi connectivity index (χ2n) is 2.30. The molecule has 1 aromatic rings. The van der Waals surface area contributed by atoms with Crippen LogP contribution in [0.15, 0.2) is 12.8 Å².